The summed E-state index contributed by atoms with van der Waals surface area (Å²) in [4.78, 5) is 28.9. The van der Waals surface area contributed by atoms with Crippen LogP contribution in [-0.2, 0) is 0 Å². The number of rotatable bonds is 1. The molecule has 0 aliphatic rings. The minimum Gasteiger partial charge on any atom is -0.319 e. The van der Waals surface area contributed by atoms with Gasteiger partial charge in [-0.15, -0.1) is 0 Å². The highest BCUT2D eigenvalue weighted by Crippen LogP contribution is 2.05. The zero-order valence-corrected chi connectivity index (χ0v) is 7.57. The Morgan fingerprint density at radius 2 is 2.07 bits per heavy atom. The smallest absolute Gasteiger partial charge is 0.278 e. The fourth-order valence-corrected chi connectivity index (χ4v) is 1.27. The fourth-order valence-electron chi connectivity index (χ4n) is 1.27. The quantitative estimate of drug-likeness (QED) is 0.682. The maximum absolute atomic E-state index is 11.3. The third kappa shape index (κ3) is 1.31. The van der Waals surface area contributed by atoms with Gasteiger partial charge in [-0.1, -0.05) is 12.1 Å². The summed E-state index contributed by atoms with van der Waals surface area (Å²) >= 11 is 0. The van der Waals surface area contributed by atoms with Gasteiger partial charge in [0.1, 0.15) is 0 Å². The number of fused-ring (bicyclic) bond motifs is 1. The Labute approximate surface area is 79.6 Å². The van der Waals surface area contributed by atoms with Gasteiger partial charge in [0.05, 0.1) is 11.0 Å². The molecule has 70 valence electrons. The first kappa shape index (κ1) is 8.62. The van der Waals surface area contributed by atoms with E-state index in [1.54, 1.807) is 24.3 Å². The number of aromatic nitrogens is 2. The van der Waals surface area contributed by atoms with Gasteiger partial charge in [0.25, 0.3) is 5.56 Å². The van der Waals surface area contributed by atoms with Crippen LogP contribution in [0.2, 0.25) is 0 Å². The second-order valence-electron chi connectivity index (χ2n) is 2.99. The van der Waals surface area contributed by atoms with Gasteiger partial charge in [-0.25, -0.2) is 4.98 Å². The van der Waals surface area contributed by atoms with Gasteiger partial charge in [0, 0.05) is 6.92 Å². The van der Waals surface area contributed by atoms with Crippen LogP contribution in [0.5, 0.6) is 0 Å². The second-order valence-corrected chi connectivity index (χ2v) is 2.99. The Morgan fingerprint density at radius 1 is 1.36 bits per heavy atom. The number of para-hydroxylation sites is 2. The van der Waals surface area contributed by atoms with Crippen LogP contribution < -0.4 is 5.56 Å². The number of hydrogen-bond donors (Lipinski definition) is 1. The molecule has 0 amide bonds. The zero-order valence-electron chi connectivity index (χ0n) is 7.57. The molecule has 0 aliphatic carbocycles. The summed E-state index contributed by atoms with van der Waals surface area (Å²) in [6.45, 7) is 1.33. The molecule has 2 rings (SSSR count). The van der Waals surface area contributed by atoms with E-state index in [9.17, 15) is 9.59 Å². The monoisotopic (exact) mass is 188 g/mol. The number of carbonyl (C=O) groups is 1. The molecular formula is C10H8N2O2. The van der Waals surface area contributed by atoms with E-state index < -0.39 is 5.56 Å². The van der Waals surface area contributed by atoms with Crippen LogP contribution in [0.4, 0.5) is 0 Å². The number of H-pyrrole nitrogens is 1. The van der Waals surface area contributed by atoms with Gasteiger partial charge in [0.15, 0.2) is 11.5 Å². The van der Waals surface area contributed by atoms with E-state index in [0.29, 0.717) is 11.0 Å². The third-order valence-corrected chi connectivity index (χ3v) is 1.93. The summed E-state index contributed by atoms with van der Waals surface area (Å²) in [7, 11) is 0. The van der Waals surface area contributed by atoms with E-state index in [-0.39, 0.29) is 11.5 Å². The fraction of sp³-hybridized carbons (Fsp3) is 0.100. The molecular weight excluding hydrogens is 180 g/mol. The highest BCUT2D eigenvalue weighted by molar-refractivity contribution is 5.93. The predicted octanol–water partition coefficient (Wildman–Crippen LogP) is 1.13. The van der Waals surface area contributed by atoms with Crippen LogP contribution in [-0.4, -0.2) is 15.8 Å². The van der Waals surface area contributed by atoms with Crippen molar-refractivity contribution in [3.8, 4) is 0 Å². The number of Topliss-reactive ketones (excluding diaryl/α,β-unsaturated/α-hetero) is 1. The van der Waals surface area contributed by atoms with Crippen LogP contribution in [0.15, 0.2) is 29.1 Å². The molecule has 0 saturated heterocycles. The van der Waals surface area contributed by atoms with Gasteiger partial charge < -0.3 is 4.98 Å². The lowest BCUT2D eigenvalue weighted by Gasteiger charge is -1.98. The van der Waals surface area contributed by atoms with Crippen molar-refractivity contribution in [3.63, 3.8) is 0 Å². The molecule has 0 aliphatic heterocycles. The Bertz CT molecular complexity index is 557. The van der Waals surface area contributed by atoms with Gasteiger partial charge in [-0.05, 0) is 12.1 Å². The van der Waals surface area contributed by atoms with Crippen molar-refractivity contribution in [1.29, 1.82) is 0 Å². The molecule has 0 unspecified atom stereocenters. The van der Waals surface area contributed by atoms with Gasteiger partial charge in [0.2, 0.25) is 0 Å². The lowest BCUT2D eigenvalue weighted by Crippen LogP contribution is -2.18. The summed E-state index contributed by atoms with van der Waals surface area (Å²) in [5, 5.41) is 0. The largest absolute Gasteiger partial charge is 0.319 e. The number of nitrogens with zero attached hydrogens (tertiary/aromatic N) is 1. The normalized spacial score (nSPS) is 10.4. The molecule has 4 nitrogen and oxygen atoms in total. The number of aromatic amines is 1. The number of nitrogens with one attached hydrogen (secondary N) is 1. The van der Waals surface area contributed by atoms with Gasteiger partial charge in [-0.2, -0.15) is 0 Å². The first-order valence-electron chi connectivity index (χ1n) is 4.18. The number of carbonyl (C=O) groups excluding carboxylic acids is 1. The Kier molecular flexibility index (Phi) is 1.89. The van der Waals surface area contributed by atoms with Crippen molar-refractivity contribution in [2.24, 2.45) is 0 Å². The molecule has 2 aromatic rings. The zero-order chi connectivity index (χ0) is 10.1. The van der Waals surface area contributed by atoms with Gasteiger partial charge >= 0.3 is 0 Å². The van der Waals surface area contributed by atoms with Crippen LogP contribution >= 0.6 is 0 Å². The van der Waals surface area contributed by atoms with Crippen molar-refractivity contribution in [3.05, 3.63) is 40.3 Å². The molecule has 0 atom stereocenters. The average Bonchev–Trinajstić information content (AvgIpc) is 2.16. The van der Waals surface area contributed by atoms with E-state index >= 15 is 0 Å². The molecule has 0 fully saturated rings. The van der Waals surface area contributed by atoms with E-state index in [0.717, 1.165) is 0 Å². The maximum Gasteiger partial charge on any atom is 0.278 e. The summed E-state index contributed by atoms with van der Waals surface area (Å²) in [6, 6.07) is 7.09. The number of ketones is 1. The molecule has 14 heavy (non-hydrogen) atoms. The first-order chi connectivity index (χ1) is 6.68. The van der Waals surface area contributed by atoms with Crippen molar-refractivity contribution >= 4 is 16.8 Å². The molecule has 0 bridgehead atoms. The van der Waals surface area contributed by atoms with E-state index in [1.165, 1.54) is 6.92 Å². The molecule has 1 aromatic carbocycles. The summed E-state index contributed by atoms with van der Waals surface area (Å²) in [5.41, 5.74) is 0.791. The minimum absolute atomic E-state index is 0.0382. The average molecular weight is 188 g/mol. The lowest BCUT2D eigenvalue weighted by atomic mass is 10.2. The lowest BCUT2D eigenvalue weighted by molar-refractivity contribution is 0.101. The summed E-state index contributed by atoms with van der Waals surface area (Å²) < 4.78 is 0. The summed E-state index contributed by atoms with van der Waals surface area (Å²) in [5.74, 6) is -0.322. The van der Waals surface area contributed by atoms with Gasteiger partial charge in [-0.3, -0.25) is 9.59 Å². The van der Waals surface area contributed by atoms with Crippen LogP contribution in [0.3, 0.4) is 0 Å². The van der Waals surface area contributed by atoms with Crippen LogP contribution in [0.1, 0.15) is 17.4 Å². The standard InChI is InChI=1S/C10H8N2O2/c1-6(13)9-10(14)12-8-5-3-2-4-7(8)11-9/h2-5H,1H3,(H,12,14). The predicted molar refractivity (Wildman–Crippen MR) is 52.4 cm³/mol. The second kappa shape index (κ2) is 3.06. The highest BCUT2D eigenvalue weighted by atomic mass is 16.1. The van der Waals surface area contributed by atoms with E-state index in [2.05, 4.69) is 9.97 Å². The molecule has 0 spiro atoms. The molecule has 4 heteroatoms. The maximum atomic E-state index is 11.3. The Balaban J connectivity index is 2.84. The third-order valence-electron chi connectivity index (χ3n) is 1.93. The minimum atomic E-state index is -0.434. The van der Waals surface area contributed by atoms with E-state index in [1.807, 2.05) is 0 Å². The van der Waals surface area contributed by atoms with Crippen molar-refractivity contribution in [1.82, 2.24) is 9.97 Å². The van der Waals surface area contributed by atoms with Crippen molar-refractivity contribution in [2.45, 2.75) is 6.92 Å². The van der Waals surface area contributed by atoms with Crippen molar-refractivity contribution < 1.29 is 4.79 Å². The Morgan fingerprint density at radius 3 is 2.79 bits per heavy atom. The van der Waals surface area contributed by atoms with E-state index in [4.69, 9.17) is 0 Å². The molecule has 1 N–H and O–H groups in total. The molecule has 1 heterocycles. The number of benzene rings is 1. The first-order valence-corrected chi connectivity index (χ1v) is 4.18. The highest BCUT2D eigenvalue weighted by Gasteiger charge is 2.07. The number of hydrogen-bond acceptors (Lipinski definition) is 3. The van der Waals surface area contributed by atoms with Crippen molar-refractivity contribution in [2.75, 3.05) is 0 Å². The Hall–Kier alpha value is -1.97. The SMILES string of the molecule is CC(=O)c1nc2ccccc2[nH]c1=O. The molecule has 1 aromatic heterocycles. The summed E-state index contributed by atoms with van der Waals surface area (Å²) in [6.07, 6.45) is 0. The van der Waals surface area contributed by atoms with Crippen LogP contribution in [0, 0.1) is 0 Å². The van der Waals surface area contributed by atoms with Crippen LogP contribution in [0.25, 0.3) is 11.0 Å². The topological polar surface area (TPSA) is 62.8 Å². The molecule has 0 saturated carbocycles. The molecule has 0 radical (unpaired) electrons.